The third kappa shape index (κ3) is 9.48. The molecule has 9 nitrogen and oxygen atoms in total. The van der Waals surface area contributed by atoms with Crippen molar-refractivity contribution in [2.45, 2.75) is 26.9 Å². The predicted octanol–water partition coefficient (Wildman–Crippen LogP) is 5.11. The van der Waals surface area contributed by atoms with Crippen LogP contribution in [0.1, 0.15) is 26.3 Å². The van der Waals surface area contributed by atoms with Gasteiger partial charge in [0.05, 0.1) is 18.5 Å². The Balaban J connectivity index is 0.00000334. The maximum Gasteiger partial charge on any atom is 0.421 e. The summed E-state index contributed by atoms with van der Waals surface area (Å²) in [6, 6.07) is 3.67. The Bertz CT molecular complexity index is 1200. The van der Waals surface area contributed by atoms with Crippen LogP contribution in [0.15, 0.2) is 60.8 Å². The Morgan fingerprint density at radius 1 is 1.30 bits per heavy atom. The van der Waals surface area contributed by atoms with Crippen LogP contribution in [-0.2, 0) is 15.7 Å². The number of rotatable bonds is 9. The summed E-state index contributed by atoms with van der Waals surface area (Å²) in [5, 5.41) is 17.5. The number of hydrogen-bond acceptors (Lipinski definition) is 8. The monoisotopic (exact) mass is 518 g/mol. The number of anilines is 4. The van der Waals surface area contributed by atoms with E-state index in [2.05, 4.69) is 38.4 Å². The molecule has 1 aromatic carbocycles. The number of nitrogens with one attached hydrogen (secondary N) is 3. The molecule has 0 aliphatic heterocycles. The number of methoxy groups -OCH3 is 1. The molecule has 0 bridgehead atoms. The first-order valence-electron chi connectivity index (χ1n) is 10.9. The zero-order chi connectivity index (χ0) is 28.2. The fraction of sp³-hybridized carbons (Fsp3) is 0.240. The van der Waals surface area contributed by atoms with Gasteiger partial charge in [0.2, 0.25) is 11.9 Å². The molecular weight excluding hydrogens is 489 g/mol. The number of carbonyl (C=O) groups is 1. The van der Waals surface area contributed by atoms with Gasteiger partial charge >= 0.3 is 6.18 Å². The molecule has 1 atom stereocenters. The fourth-order valence-corrected chi connectivity index (χ4v) is 2.59. The Labute approximate surface area is 213 Å². The molecule has 1 amide bonds. The van der Waals surface area contributed by atoms with E-state index in [1.165, 1.54) is 25.3 Å². The number of carbonyl (C=O) groups excluding carboxylic acids is 1. The number of alkyl halides is 3. The molecule has 1 heterocycles. The Hall–Kier alpha value is -4.66. The standard InChI is InChI=1S/C23H23F3N6O3.C2H6/c1-5-13(3)9-14(10-19(27)35-4)29-22-28-12-16(23(24,25)26)21(32-22)31-18-11-15(33)7-8-17(18)30-20(34)6-2;1-2/h1,6-13,33H,2,27H2,3-4H3,(H,30,34)(H2,28,29,31,32);1-2H3/b14-9+,19-10-;. The summed E-state index contributed by atoms with van der Waals surface area (Å²) in [5.74, 6) is 0.361. The van der Waals surface area contributed by atoms with Gasteiger partial charge in [0, 0.05) is 30.0 Å². The normalized spacial score (nSPS) is 12.3. The van der Waals surface area contributed by atoms with Crippen molar-refractivity contribution in [2.75, 3.05) is 23.1 Å². The highest BCUT2D eigenvalue weighted by Gasteiger charge is 2.35. The average Bonchev–Trinajstić information content (AvgIpc) is 2.85. The van der Waals surface area contributed by atoms with Crippen LogP contribution in [0.2, 0.25) is 0 Å². The first kappa shape index (κ1) is 30.4. The summed E-state index contributed by atoms with van der Waals surface area (Å²) in [4.78, 5) is 19.4. The van der Waals surface area contributed by atoms with E-state index in [9.17, 15) is 23.1 Å². The predicted molar refractivity (Wildman–Crippen MR) is 138 cm³/mol. The minimum atomic E-state index is -4.82. The summed E-state index contributed by atoms with van der Waals surface area (Å²) in [6.07, 6.45) is 5.06. The van der Waals surface area contributed by atoms with E-state index in [4.69, 9.17) is 16.9 Å². The minimum Gasteiger partial charge on any atom is -0.508 e. The lowest BCUT2D eigenvalue weighted by molar-refractivity contribution is -0.137. The molecule has 0 radical (unpaired) electrons. The number of nitrogens with two attached hydrogens (primary N) is 1. The minimum absolute atomic E-state index is 0.000550. The van der Waals surface area contributed by atoms with Gasteiger partial charge in [-0.15, -0.1) is 6.42 Å². The van der Waals surface area contributed by atoms with Crippen molar-refractivity contribution in [3.05, 3.63) is 66.3 Å². The fourth-order valence-electron chi connectivity index (χ4n) is 2.59. The largest absolute Gasteiger partial charge is 0.508 e. The lowest BCUT2D eigenvalue weighted by Gasteiger charge is -2.17. The molecule has 1 unspecified atom stereocenters. The molecule has 2 aromatic rings. The Morgan fingerprint density at radius 3 is 2.54 bits per heavy atom. The molecule has 0 aliphatic carbocycles. The number of hydrogen-bond donors (Lipinski definition) is 5. The summed E-state index contributed by atoms with van der Waals surface area (Å²) in [6.45, 7) is 9.04. The van der Waals surface area contributed by atoms with Crippen LogP contribution in [0.4, 0.5) is 36.3 Å². The van der Waals surface area contributed by atoms with E-state index in [0.29, 0.717) is 6.20 Å². The third-order valence-corrected chi connectivity index (χ3v) is 4.28. The van der Waals surface area contributed by atoms with Crippen molar-refractivity contribution >= 4 is 29.0 Å². The van der Waals surface area contributed by atoms with Crippen molar-refractivity contribution in [3.63, 3.8) is 0 Å². The van der Waals surface area contributed by atoms with Crippen molar-refractivity contribution < 1.29 is 27.8 Å². The van der Waals surface area contributed by atoms with E-state index < -0.39 is 23.5 Å². The number of benzene rings is 1. The van der Waals surface area contributed by atoms with Crippen LogP contribution >= 0.6 is 0 Å². The van der Waals surface area contributed by atoms with Gasteiger partial charge < -0.3 is 31.5 Å². The van der Waals surface area contributed by atoms with Crippen LogP contribution in [-0.4, -0.2) is 28.1 Å². The van der Waals surface area contributed by atoms with Crippen molar-refractivity contribution in [3.8, 4) is 18.1 Å². The molecule has 0 saturated heterocycles. The topological polar surface area (TPSA) is 134 Å². The van der Waals surface area contributed by atoms with Gasteiger partial charge in [-0.1, -0.05) is 26.3 Å². The molecule has 6 N–H and O–H groups in total. The van der Waals surface area contributed by atoms with Gasteiger partial charge in [0.15, 0.2) is 5.88 Å². The molecule has 0 aliphatic rings. The maximum atomic E-state index is 13.7. The van der Waals surface area contributed by atoms with Crippen LogP contribution in [0, 0.1) is 18.3 Å². The second kappa shape index (κ2) is 14.0. The highest BCUT2D eigenvalue weighted by Crippen LogP contribution is 2.37. The summed E-state index contributed by atoms with van der Waals surface area (Å²) < 4.78 is 45.9. The van der Waals surface area contributed by atoms with Crippen LogP contribution in [0.3, 0.4) is 0 Å². The van der Waals surface area contributed by atoms with Crippen LogP contribution in [0.5, 0.6) is 5.75 Å². The van der Waals surface area contributed by atoms with Gasteiger partial charge in [0.25, 0.3) is 0 Å². The molecule has 2 rings (SSSR count). The third-order valence-electron chi connectivity index (χ3n) is 4.28. The molecule has 0 fully saturated rings. The maximum absolute atomic E-state index is 13.7. The summed E-state index contributed by atoms with van der Waals surface area (Å²) in [5.41, 5.74) is 4.78. The molecule has 0 saturated carbocycles. The second-order valence-corrected chi connectivity index (χ2v) is 6.96. The zero-order valence-corrected chi connectivity index (χ0v) is 20.8. The van der Waals surface area contributed by atoms with Crippen molar-refractivity contribution in [2.24, 2.45) is 11.7 Å². The van der Waals surface area contributed by atoms with Gasteiger partial charge in [0.1, 0.15) is 17.1 Å². The Kier molecular flexibility index (Phi) is 11.5. The number of ether oxygens (including phenoxy) is 1. The summed E-state index contributed by atoms with van der Waals surface area (Å²) in [7, 11) is 1.34. The van der Waals surface area contributed by atoms with E-state index in [0.717, 1.165) is 12.1 Å². The van der Waals surface area contributed by atoms with Gasteiger partial charge in [-0.05, 0) is 31.2 Å². The Morgan fingerprint density at radius 2 is 1.97 bits per heavy atom. The highest BCUT2D eigenvalue weighted by molar-refractivity contribution is 6.01. The number of phenolic OH excluding ortho intramolecular Hbond substituents is 1. The number of aromatic hydroxyl groups is 1. The van der Waals surface area contributed by atoms with E-state index in [1.54, 1.807) is 13.0 Å². The molecule has 1 aromatic heterocycles. The number of nitrogens with zero attached hydrogens (tertiary/aromatic N) is 2. The van der Waals surface area contributed by atoms with Crippen molar-refractivity contribution in [1.82, 2.24) is 9.97 Å². The second-order valence-electron chi connectivity index (χ2n) is 6.96. The smallest absolute Gasteiger partial charge is 0.421 e. The van der Waals surface area contributed by atoms with E-state index in [-0.39, 0.29) is 40.6 Å². The molecular formula is C25H29F3N6O3. The van der Waals surface area contributed by atoms with Crippen molar-refractivity contribution in [1.29, 1.82) is 0 Å². The first-order chi connectivity index (χ1) is 17.5. The summed E-state index contributed by atoms with van der Waals surface area (Å²) >= 11 is 0. The average molecular weight is 519 g/mol. The lowest BCUT2D eigenvalue weighted by atomic mass is 10.1. The first-order valence-corrected chi connectivity index (χ1v) is 10.9. The molecule has 12 heteroatoms. The molecule has 0 spiro atoms. The quantitative estimate of drug-likeness (QED) is 0.102. The lowest BCUT2D eigenvalue weighted by Crippen LogP contribution is -2.15. The zero-order valence-electron chi connectivity index (χ0n) is 20.8. The molecule has 198 valence electrons. The van der Waals surface area contributed by atoms with Gasteiger partial charge in [-0.25, -0.2) is 4.98 Å². The number of halogens is 3. The number of aromatic nitrogens is 2. The highest BCUT2D eigenvalue weighted by atomic mass is 19.4. The van der Waals surface area contributed by atoms with Crippen LogP contribution < -0.4 is 21.7 Å². The van der Waals surface area contributed by atoms with Gasteiger partial charge in [-0.3, -0.25) is 4.79 Å². The van der Waals surface area contributed by atoms with E-state index in [1.807, 2.05) is 13.8 Å². The van der Waals surface area contributed by atoms with Crippen LogP contribution in [0.25, 0.3) is 0 Å². The number of terminal acetylenes is 1. The number of phenols is 1. The van der Waals surface area contributed by atoms with Gasteiger partial charge in [-0.2, -0.15) is 18.2 Å². The van der Waals surface area contributed by atoms with E-state index >= 15 is 0 Å². The number of allylic oxidation sites excluding steroid dienone is 2. The number of amides is 1. The SMILES string of the molecule is C#CC(C)/C=C(\C=C(\N)OC)Nc1ncc(C(F)(F)F)c(Nc2cc(O)ccc2NC(=O)C=C)n1.CC. The molecule has 37 heavy (non-hydrogen) atoms.